The Labute approximate surface area is 151 Å². The third-order valence-electron chi connectivity index (χ3n) is 3.33. The average molecular weight is 404 g/mol. The molecule has 0 aliphatic carbocycles. The molecule has 2 aromatic carbocycles. The van der Waals surface area contributed by atoms with Gasteiger partial charge in [0.1, 0.15) is 0 Å². The number of hydrogen-bond donors (Lipinski definition) is 2. The van der Waals surface area contributed by atoms with Crippen LogP contribution in [-0.4, -0.2) is 21.8 Å². The van der Waals surface area contributed by atoms with Gasteiger partial charge in [-0.25, -0.2) is 0 Å². The Balaban J connectivity index is 1.58. The number of aromatic amines is 1. The molecule has 5 nitrogen and oxygen atoms in total. The van der Waals surface area contributed by atoms with Crippen LogP contribution in [0.1, 0.15) is 5.56 Å². The van der Waals surface area contributed by atoms with Gasteiger partial charge in [0.2, 0.25) is 5.88 Å². The van der Waals surface area contributed by atoms with Gasteiger partial charge in [0, 0.05) is 15.6 Å². The standard InChI is InChI=1S/C17H14BrN3O2S/c18-12-7-5-11(6-8-12)9-24-10-15(22)20-21-16-13-3-1-2-4-14(13)19-17(16)23/h1-8,19,23H,9-10H2. The third kappa shape index (κ3) is 4.04. The van der Waals surface area contributed by atoms with Crippen molar-refractivity contribution in [2.24, 2.45) is 10.2 Å². The fourth-order valence-corrected chi connectivity index (χ4v) is 3.21. The zero-order valence-electron chi connectivity index (χ0n) is 12.6. The Hall–Kier alpha value is -2.12. The van der Waals surface area contributed by atoms with Crippen molar-refractivity contribution in [3.8, 4) is 5.88 Å². The molecule has 0 saturated heterocycles. The number of hydrogen-bond acceptors (Lipinski definition) is 4. The zero-order chi connectivity index (χ0) is 16.9. The van der Waals surface area contributed by atoms with Crippen LogP contribution in [0.4, 0.5) is 5.69 Å². The summed E-state index contributed by atoms with van der Waals surface area (Å²) in [6, 6.07) is 15.3. The highest BCUT2D eigenvalue weighted by molar-refractivity contribution is 9.10. The Morgan fingerprint density at radius 3 is 2.71 bits per heavy atom. The van der Waals surface area contributed by atoms with Gasteiger partial charge in [-0.3, -0.25) is 4.79 Å². The van der Waals surface area contributed by atoms with Crippen LogP contribution in [0, 0.1) is 0 Å². The van der Waals surface area contributed by atoms with E-state index in [4.69, 9.17) is 0 Å². The maximum Gasteiger partial charge on any atom is 0.274 e. The highest BCUT2D eigenvalue weighted by Crippen LogP contribution is 2.35. The molecule has 1 heterocycles. The Bertz CT molecular complexity index is 890. The van der Waals surface area contributed by atoms with Crippen LogP contribution >= 0.6 is 27.7 Å². The molecule has 24 heavy (non-hydrogen) atoms. The summed E-state index contributed by atoms with van der Waals surface area (Å²) in [5.74, 6) is 0.548. The first-order chi connectivity index (χ1) is 11.6. The molecule has 7 heteroatoms. The van der Waals surface area contributed by atoms with Gasteiger partial charge in [-0.1, -0.05) is 46.3 Å². The summed E-state index contributed by atoms with van der Waals surface area (Å²) in [6.07, 6.45) is 0. The van der Waals surface area contributed by atoms with Gasteiger partial charge in [-0.05, 0) is 23.8 Å². The van der Waals surface area contributed by atoms with Crippen LogP contribution in [0.3, 0.4) is 0 Å². The van der Waals surface area contributed by atoms with E-state index in [0.29, 0.717) is 0 Å². The summed E-state index contributed by atoms with van der Waals surface area (Å²) in [5.41, 5.74) is 2.18. The van der Waals surface area contributed by atoms with Crippen LogP contribution in [0.5, 0.6) is 5.88 Å². The lowest BCUT2D eigenvalue weighted by molar-refractivity contribution is -0.115. The summed E-state index contributed by atoms with van der Waals surface area (Å²) in [6.45, 7) is 0. The normalized spacial score (nSPS) is 11.4. The van der Waals surface area contributed by atoms with Crippen molar-refractivity contribution in [2.45, 2.75) is 5.75 Å². The number of para-hydroxylation sites is 1. The van der Waals surface area contributed by atoms with Gasteiger partial charge in [0.15, 0.2) is 5.69 Å². The predicted octanol–water partition coefficient (Wildman–Crippen LogP) is 5.18. The Morgan fingerprint density at radius 2 is 1.92 bits per heavy atom. The maximum absolute atomic E-state index is 11.8. The number of carbonyl (C=O) groups is 1. The molecule has 0 unspecified atom stereocenters. The van der Waals surface area contributed by atoms with E-state index in [9.17, 15) is 9.90 Å². The number of rotatable bonds is 5. The molecule has 0 aliphatic heterocycles. The average Bonchev–Trinajstić information content (AvgIpc) is 2.90. The largest absolute Gasteiger partial charge is 0.493 e. The summed E-state index contributed by atoms with van der Waals surface area (Å²) in [4.78, 5) is 14.7. The second-order valence-electron chi connectivity index (χ2n) is 5.08. The lowest BCUT2D eigenvalue weighted by Crippen LogP contribution is -1.96. The summed E-state index contributed by atoms with van der Waals surface area (Å²) in [7, 11) is 0. The molecule has 0 atom stereocenters. The first kappa shape index (κ1) is 16.7. The van der Waals surface area contributed by atoms with E-state index in [0.717, 1.165) is 26.7 Å². The number of aromatic hydroxyl groups is 1. The molecule has 0 saturated carbocycles. The molecule has 0 bridgehead atoms. The van der Waals surface area contributed by atoms with E-state index < -0.39 is 0 Å². The summed E-state index contributed by atoms with van der Waals surface area (Å²) >= 11 is 4.86. The third-order valence-corrected chi connectivity index (χ3v) is 4.85. The molecular formula is C17H14BrN3O2S. The molecule has 3 aromatic rings. The minimum atomic E-state index is -0.332. The van der Waals surface area contributed by atoms with Gasteiger partial charge in [0.05, 0.1) is 11.3 Å². The monoisotopic (exact) mass is 403 g/mol. The summed E-state index contributed by atoms with van der Waals surface area (Å²) < 4.78 is 1.03. The van der Waals surface area contributed by atoms with Crippen molar-refractivity contribution < 1.29 is 9.90 Å². The number of fused-ring (bicyclic) bond motifs is 1. The zero-order valence-corrected chi connectivity index (χ0v) is 15.0. The molecule has 0 spiro atoms. The van der Waals surface area contributed by atoms with E-state index in [2.05, 4.69) is 31.1 Å². The van der Waals surface area contributed by atoms with E-state index in [1.165, 1.54) is 11.8 Å². The highest BCUT2D eigenvalue weighted by atomic mass is 79.9. The quantitative estimate of drug-likeness (QED) is 0.576. The second kappa shape index (κ2) is 7.63. The first-order valence-electron chi connectivity index (χ1n) is 7.20. The number of amides is 1. The second-order valence-corrected chi connectivity index (χ2v) is 6.98. The number of carbonyl (C=O) groups excluding carboxylic acids is 1. The number of halogens is 1. The molecule has 2 N–H and O–H groups in total. The molecule has 1 amide bonds. The SMILES string of the molecule is O=C(CSCc1ccc(Br)cc1)N=Nc1c(O)[nH]c2ccccc12. The van der Waals surface area contributed by atoms with Crippen molar-refractivity contribution in [1.82, 2.24) is 4.98 Å². The molecule has 0 radical (unpaired) electrons. The lowest BCUT2D eigenvalue weighted by Gasteiger charge is -1.99. The van der Waals surface area contributed by atoms with E-state index in [1.807, 2.05) is 48.5 Å². The lowest BCUT2D eigenvalue weighted by atomic mass is 10.2. The Kier molecular flexibility index (Phi) is 5.32. The number of H-pyrrole nitrogens is 1. The van der Waals surface area contributed by atoms with Crippen LogP contribution in [0.2, 0.25) is 0 Å². The van der Waals surface area contributed by atoms with Crippen LogP contribution < -0.4 is 0 Å². The first-order valence-corrected chi connectivity index (χ1v) is 9.14. The van der Waals surface area contributed by atoms with Crippen molar-refractivity contribution in [2.75, 3.05) is 5.75 Å². The van der Waals surface area contributed by atoms with E-state index >= 15 is 0 Å². The number of azo groups is 1. The van der Waals surface area contributed by atoms with Crippen molar-refractivity contribution in [3.05, 3.63) is 58.6 Å². The number of thioether (sulfide) groups is 1. The maximum atomic E-state index is 11.8. The molecule has 122 valence electrons. The van der Waals surface area contributed by atoms with Gasteiger partial charge >= 0.3 is 0 Å². The molecule has 3 rings (SSSR count). The van der Waals surface area contributed by atoms with Crippen LogP contribution in [0.25, 0.3) is 10.9 Å². The van der Waals surface area contributed by atoms with Crippen molar-refractivity contribution in [1.29, 1.82) is 0 Å². The predicted molar refractivity (Wildman–Crippen MR) is 99.8 cm³/mol. The van der Waals surface area contributed by atoms with Crippen LogP contribution in [0.15, 0.2) is 63.2 Å². The van der Waals surface area contributed by atoms with Gasteiger partial charge in [-0.15, -0.1) is 22.0 Å². The van der Waals surface area contributed by atoms with Crippen molar-refractivity contribution in [3.63, 3.8) is 0 Å². The summed E-state index contributed by atoms with van der Waals surface area (Å²) in [5, 5.41) is 18.2. The van der Waals surface area contributed by atoms with Crippen molar-refractivity contribution >= 4 is 50.2 Å². The molecular weight excluding hydrogens is 390 g/mol. The number of nitrogens with one attached hydrogen (secondary N) is 1. The number of aromatic nitrogens is 1. The smallest absolute Gasteiger partial charge is 0.274 e. The molecule has 0 fully saturated rings. The number of benzene rings is 2. The van der Waals surface area contributed by atoms with Gasteiger partial charge in [0.25, 0.3) is 5.91 Å². The minimum absolute atomic E-state index is 0.0877. The van der Waals surface area contributed by atoms with Gasteiger partial charge < -0.3 is 10.1 Å². The van der Waals surface area contributed by atoms with E-state index in [1.54, 1.807) is 0 Å². The molecule has 1 aromatic heterocycles. The van der Waals surface area contributed by atoms with E-state index in [-0.39, 0.29) is 23.2 Å². The Morgan fingerprint density at radius 1 is 1.17 bits per heavy atom. The fraction of sp³-hybridized carbons (Fsp3) is 0.118. The fourth-order valence-electron chi connectivity index (χ4n) is 2.19. The minimum Gasteiger partial charge on any atom is -0.493 e. The van der Waals surface area contributed by atoms with Crippen LogP contribution in [-0.2, 0) is 10.5 Å². The molecule has 0 aliphatic rings. The topological polar surface area (TPSA) is 77.8 Å². The highest BCUT2D eigenvalue weighted by Gasteiger charge is 2.10. The van der Waals surface area contributed by atoms with Gasteiger partial charge in [-0.2, -0.15) is 0 Å². The number of nitrogens with zero attached hydrogens (tertiary/aromatic N) is 2.